The fourth-order valence-electron chi connectivity index (χ4n) is 1.69. The molecule has 2 N–H and O–H groups in total. The molecule has 1 heterocycles. The predicted molar refractivity (Wildman–Crippen MR) is 63.4 cm³/mol. The van der Waals surface area contributed by atoms with Crippen LogP contribution in [0.4, 0.5) is 0 Å². The third kappa shape index (κ3) is 2.84. The molecule has 1 aromatic heterocycles. The lowest BCUT2D eigenvalue weighted by Gasteiger charge is -2.21. The van der Waals surface area contributed by atoms with E-state index >= 15 is 0 Å². The molecule has 1 aromatic rings. The van der Waals surface area contributed by atoms with Gasteiger partial charge in [-0.25, -0.2) is 0 Å². The standard InChI is InChI=1S/C12H21N3O2/c1-7(2)16-6-12(4,13)11-14-10(17-15-11)9-5-8(9)3/h7-9H,5-6,13H2,1-4H3. The Bertz CT molecular complexity index is 387. The highest BCUT2D eigenvalue weighted by molar-refractivity contribution is 5.09. The van der Waals surface area contributed by atoms with E-state index in [-0.39, 0.29) is 6.10 Å². The van der Waals surface area contributed by atoms with E-state index in [4.69, 9.17) is 15.0 Å². The van der Waals surface area contributed by atoms with Crippen LogP contribution in [0, 0.1) is 5.92 Å². The summed E-state index contributed by atoms with van der Waals surface area (Å²) in [5, 5.41) is 3.97. The molecule has 0 bridgehead atoms. The quantitative estimate of drug-likeness (QED) is 0.848. The maximum atomic E-state index is 6.14. The lowest BCUT2D eigenvalue weighted by atomic mass is 10.1. The Balaban J connectivity index is 2.02. The Morgan fingerprint density at radius 2 is 2.24 bits per heavy atom. The van der Waals surface area contributed by atoms with Gasteiger partial charge in [-0.2, -0.15) is 4.98 Å². The van der Waals surface area contributed by atoms with Crippen molar-refractivity contribution in [3.63, 3.8) is 0 Å². The number of aromatic nitrogens is 2. The maximum absolute atomic E-state index is 6.14. The molecule has 1 aliphatic carbocycles. The first-order valence-corrected chi connectivity index (χ1v) is 6.14. The van der Waals surface area contributed by atoms with Gasteiger partial charge < -0.3 is 15.0 Å². The summed E-state index contributed by atoms with van der Waals surface area (Å²) in [7, 11) is 0. The minimum absolute atomic E-state index is 0.146. The largest absolute Gasteiger partial charge is 0.376 e. The van der Waals surface area contributed by atoms with Crippen molar-refractivity contribution in [2.24, 2.45) is 11.7 Å². The van der Waals surface area contributed by atoms with E-state index in [9.17, 15) is 0 Å². The van der Waals surface area contributed by atoms with E-state index in [1.54, 1.807) is 0 Å². The Kier molecular flexibility index (Phi) is 3.23. The molecule has 3 unspecified atom stereocenters. The average molecular weight is 239 g/mol. The molecule has 0 aliphatic heterocycles. The normalized spacial score (nSPS) is 27.2. The molecule has 96 valence electrons. The van der Waals surface area contributed by atoms with Crippen LogP contribution >= 0.6 is 0 Å². The maximum Gasteiger partial charge on any atom is 0.230 e. The van der Waals surface area contributed by atoms with E-state index in [0.29, 0.717) is 30.2 Å². The molecule has 17 heavy (non-hydrogen) atoms. The van der Waals surface area contributed by atoms with Crippen molar-refractivity contribution in [2.45, 2.75) is 51.7 Å². The van der Waals surface area contributed by atoms with Crippen LogP contribution in [0.25, 0.3) is 0 Å². The first-order chi connectivity index (χ1) is 7.90. The fraction of sp³-hybridized carbons (Fsp3) is 0.833. The number of nitrogens with two attached hydrogens (primary N) is 1. The lowest BCUT2D eigenvalue weighted by Crippen LogP contribution is -2.40. The number of nitrogens with zero attached hydrogens (tertiary/aromatic N) is 2. The van der Waals surface area contributed by atoms with Gasteiger partial charge in [0.05, 0.1) is 12.7 Å². The summed E-state index contributed by atoms with van der Waals surface area (Å²) < 4.78 is 10.8. The third-order valence-electron chi connectivity index (χ3n) is 3.10. The number of ether oxygens (including phenoxy) is 1. The highest BCUT2D eigenvalue weighted by Gasteiger charge is 2.40. The van der Waals surface area contributed by atoms with E-state index in [2.05, 4.69) is 17.1 Å². The molecule has 5 nitrogen and oxygen atoms in total. The number of hydrogen-bond acceptors (Lipinski definition) is 5. The summed E-state index contributed by atoms with van der Waals surface area (Å²) in [5.41, 5.74) is 5.45. The summed E-state index contributed by atoms with van der Waals surface area (Å²) >= 11 is 0. The monoisotopic (exact) mass is 239 g/mol. The molecule has 1 saturated carbocycles. The smallest absolute Gasteiger partial charge is 0.230 e. The first kappa shape index (κ1) is 12.5. The number of hydrogen-bond donors (Lipinski definition) is 1. The van der Waals surface area contributed by atoms with Crippen molar-refractivity contribution in [3.05, 3.63) is 11.7 Å². The lowest BCUT2D eigenvalue weighted by molar-refractivity contribution is 0.0410. The second-order valence-corrected chi connectivity index (χ2v) is 5.55. The van der Waals surface area contributed by atoms with Gasteiger partial charge in [0.1, 0.15) is 5.54 Å². The topological polar surface area (TPSA) is 74.2 Å². The summed E-state index contributed by atoms with van der Waals surface area (Å²) in [6.07, 6.45) is 1.28. The minimum atomic E-state index is -0.690. The van der Waals surface area contributed by atoms with Gasteiger partial charge in [-0.15, -0.1) is 0 Å². The number of rotatable bonds is 5. The zero-order valence-corrected chi connectivity index (χ0v) is 10.9. The van der Waals surface area contributed by atoms with Crippen molar-refractivity contribution >= 4 is 0 Å². The van der Waals surface area contributed by atoms with Crippen LogP contribution in [0.3, 0.4) is 0 Å². The molecule has 0 spiro atoms. The van der Waals surface area contributed by atoms with E-state index in [0.717, 1.165) is 6.42 Å². The van der Waals surface area contributed by atoms with Crippen LogP contribution in [0.1, 0.15) is 51.7 Å². The average Bonchev–Trinajstić information content (AvgIpc) is 2.80. The van der Waals surface area contributed by atoms with E-state index < -0.39 is 5.54 Å². The first-order valence-electron chi connectivity index (χ1n) is 6.14. The van der Waals surface area contributed by atoms with Crippen LogP contribution in [0.5, 0.6) is 0 Å². The Morgan fingerprint density at radius 1 is 1.59 bits per heavy atom. The SMILES string of the molecule is CC(C)OCC(C)(N)c1noc(C2CC2C)n1. The fourth-order valence-corrected chi connectivity index (χ4v) is 1.69. The molecule has 5 heteroatoms. The Labute approximate surface area is 102 Å². The minimum Gasteiger partial charge on any atom is -0.376 e. The van der Waals surface area contributed by atoms with Gasteiger partial charge in [0.15, 0.2) is 5.82 Å². The molecule has 2 rings (SSSR count). The summed E-state index contributed by atoms with van der Waals surface area (Å²) in [6.45, 7) is 8.38. The van der Waals surface area contributed by atoms with Crippen LogP contribution in [0.2, 0.25) is 0 Å². The van der Waals surface area contributed by atoms with E-state index in [1.807, 2.05) is 20.8 Å². The van der Waals surface area contributed by atoms with Crippen molar-refractivity contribution in [2.75, 3.05) is 6.61 Å². The van der Waals surface area contributed by atoms with Crippen molar-refractivity contribution in [3.8, 4) is 0 Å². The van der Waals surface area contributed by atoms with Crippen LogP contribution in [0.15, 0.2) is 4.52 Å². The third-order valence-corrected chi connectivity index (χ3v) is 3.10. The van der Waals surface area contributed by atoms with Gasteiger partial charge in [-0.1, -0.05) is 12.1 Å². The Hall–Kier alpha value is -0.940. The van der Waals surface area contributed by atoms with Gasteiger partial charge in [0, 0.05) is 5.92 Å². The highest BCUT2D eigenvalue weighted by atomic mass is 16.5. The zero-order valence-electron chi connectivity index (χ0n) is 10.9. The summed E-state index contributed by atoms with van der Waals surface area (Å²) in [6, 6.07) is 0. The molecule has 0 aromatic carbocycles. The zero-order chi connectivity index (χ0) is 12.6. The van der Waals surface area contributed by atoms with Gasteiger partial charge in [0.25, 0.3) is 0 Å². The Morgan fingerprint density at radius 3 is 2.76 bits per heavy atom. The van der Waals surface area contributed by atoms with Crippen molar-refractivity contribution in [1.82, 2.24) is 10.1 Å². The predicted octanol–water partition coefficient (Wildman–Crippen LogP) is 1.79. The van der Waals surface area contributed by atoms with Crippen molar-refractivity contribution in [1.29, 1.82) is 0 Å². The second-order valence-electron chi connectivity index (χ2n) is 5.55. The highest BCUT2D eigenvalue weighted by Crippen LogP contribution is 2.46. The van der Waals surface area contributed by atoms with E-state index in [1.165, 1.54) is 0 Å². The van der Waals surface area contributed by atoms with Crippen LogP contribution < -0.4 is 5.73 Å². The van der Waals surface area contributed by atoms with Crippen LogP contribution in [-0.2, 0) is 10.3 Å². The summed E-state index contributed by atoms with van der Waals surface area (Å²) in [5.74, 6) is 2.33. The molecule has 0 amide bonds. The molecular formula is C12H21N3O2. The van der Waals surface area contributed by atoms with Crippen molar-refractivity contribution < 1.29 is 9.26 Å². The van der Waals surface area contributed by atoms with Gasteiger partial charge >= 0.3 is 0 Å². The van der Waals surface area contributed by atoms with Gasteiger partial charge in [-0.05, 0) is 33.1 Å². The van der Waals surface area contributed by atoms with Gasteiger partial charge in [-0.3, -0.25) is 0 Å². The second kappa shape index (κ2) is 4.38. The molecule has 0 saturated heterocycles. The summed E-state index contributed by atoms with van der Waals surface area (Å²) in [4.78, 5) is 4.39. The molecular weight excluding hydrogens is 218 g/mol. The molecule has 1 fully saturated rings. The molecule has 3 atom stereocenters. The molecule has 0 radical (unpaired) electrons. The van der Waals surface area contributed by atoms with Gasteiger partial charge in [0.2, 0.25) is 5.89 Å². The van der Waals surface area contributed by atoms with Crippen LogP contribution in [-0.4, -0.2) is 22.9 Å². The molecule has 1 aliphatic rings.